The number of pyridine rings is 1. The molecule has 2 unspecified atom stereocenters. The summed E-state index contributed by atoms with van der Waals surface area (Å²) in [6.45, 7) is 6.98. The van der Waals surface area contributed by atoms with Crippen LogP contribution in [0.3, 0.4) is 0 Å². The van der Waals surface area contributed by atoms with Crippen LogP contribution in [-0.4, -0.2) is 48.3 Å². The Morgan fingerprint density at radius 3 is 2.65 bits per heavy atom. The molecular weight excluding hydrogens is 257 g/mol. The van der Waals surface area contributed by atoms with Crippen LogP contribution in [0.25, 0.3) is 0 Å². The molecule has 5 heteroatoms. The van der Waals surface area contributed by atoms with Crippen molar-refractivity contribution in [3.05, 3.63) is 29.8 Å². The highest BCUT2D eigenvalue weighted by atomic mass is 19.1. The van der Waals surface area contributed by atoms with Gasteiger partial charge >= 0.3 is 0 Å². The lowest BCUT2D eigenvalue weighted by molar-refractivity contribution is 0.166. The maximum Gasteiger partial charge on any atom is 0.141 e. The van der Waals surface area contributed by atoms with Crippen molar-refractivity contribution < 1.29 is 9.50 Å². The minimum Gasteiger partial charge on any atom is -0.395 e. The predicted molar refractivity (Wildman–Crippen MR) is 79.0 cm³/mol. The molecule has 0 aromatic carbocycles. The lowest BCUT2D eigenvalue weighted by Crippen LogP contribution is -2.37. The van der Waals surface area contributed by atoms with Gasteiger partial charge in [-0.25, -0.2) is 4.39 Å². The van der Waals surface area contributed by atoms with Gasteiger partial charge in [-0.3, -0.25) is 4.98 Å². The third-order valence-corrected chi connectivity index (χ3v) is 3.45. The van der Waals surface area contributed by atoms with Gasteiger partial charge in [-0.15, -0.1) is 0 Å². The van der Waals surface area contributed by atoms with E-state index in [0.29, 0.717) is 12.5 Å². The molecular formula is C15H26FN3O. The molecule has 0 aliphatic carbocycles. The van der Waals surface area contributed by atoms with E-state index in [1.54, 1.807) is 6.07 Å². The van der Waals surface area contributed by atoms with Gasteiger partial charge in [-0.1, -0.05) is 13.8 Å². The standard InChI is InChI=1S/C15H26FN3O/c1-4-7-19(8-9-20)11-12(2)15(17-3)14-6-5-13(16)10-18-14/h5-6,10,12,15,17,20H,4,7-9,11H2,1-3H3. The van der Waals surface area contributed by atoms with Crippen LogP contribution in [0.15, 0.2) is 18.3 Å². The van der Waals surface area contributed by atoms with Gasteiger partial charge in [0.05, 0.1) is 24.5 Å². The molecule has 0 amide bonds. The summed E-state index contributed by atoms with van der Waals surface area (Å²) in [7, 11) is 1.89. The Hall–Kier alpha value is -1.04. The summed E-state index contributed by atoms with van der Waals surface area (Å²) in [4.78, 5) is 6.41. The molecule has 0 radical (unpaired) electrons. The maximum absolute atomic E-state index is 12.9. The molecule has 0 spiro atoms. The molecule has 2 atom stereocenters. The van der Waals surface area contributed by atoms with E-state index >= 15 is 0 Å². The van der Waals surface area contributed by atoms with Crippen LogP contribution in [0, 0.1) is 11.7 Å². The first-order chi connectivity index (χ1) is 9.62. The molecule has 1 heterocycles. The topological polar surface area (TPSA) is 48.4 Å². The smallest absolute Gasteiger partial charge is 0.141 e. The van der Waals surface area contributed by atoms with Crippen LogP contribution in [0.2, 0.25) is 0 Å². The molecule has 20 heavy (non-hydrogen) atoms. The largest absolute Gasteiger partial charge is 0.395 e. The third kappa shape index (κ3) is 5.15. The molecule has 0 bridgehead atoms. The molecule has 2 N–H and O–H groups in total. The SMILES string of the molecule is CCCN(CCO)CC(C)C(NC)c1ccc(F)cn1. The average Bonchev–Trinajstić information content (AvgIpc) is 2.42. The number of nitrogens with one attached hydrogen (secondary N) is 1. The number of rotatable bonds is 9. The molecule has 0 saturated heterocycles. The van der Waals surface area contributed by atoms with Gasteiger partial charge in [0.15, 0.2) is 0 Å². The van der Waals surface area contributed by atoms with Crippen LogP contribution in [0.1, 0.15) is 32.0 Å². The van der Waals surface area contributed by atoms with Gasteiger partial charge in [0, 0.05) is 13.1 Å². The van der Waals surface area contributed by atoms with Crippen LogP contribution >= 0.6 is 0 Å². The quantitative estimate of drug-likeness (QED) is 0.726. The van der Waals surface area contributed by atoms with Crippen molar-refractivity contribution in [2.24, 2.45) is 5.92 Å². The zero-order chi connectivity index (χ0) is 15.0. The molecule has 0 fully saturated rings. The zero-order valence-corrected chi connectivity index (χ0v) is 12.6. The Balaban J connectivity index is 2.70. The summed E-state index contributed by atoms with van der Waals surface area (Å²) in [5.74, 6) is 0.000192. The summed E-state index contributed by atoms with van der Waals surface area (Å²) in [5.41, 5.74) is 0.849. The second-order valence-electron chi connectivity index (χ2n) is 5.17. The van der Waals surface area contributed by atoms with Gasteiger partial charge in [-0.2, -0.15) is 0 Å². The highest BCUT2D eigenvalue weighted by Gasteiger charge is 2.21. The Morgan fingerprint density at radius 2 is 2.15 bits per heavy atom. The van der Waals surface area contributed by atoms with E-state index in [4.69, 9.17) is 5.11 Å². The Kier molecular flexibility index (Phi) is 7.65. The molecule has 1 aromatic heterocycles. The summed E-state index contributed by atoms with van der Waals surface area (Å²) < 4.78 is 12.9. The second kappa shape index (κ2) is 9.00. The summed E-state index contributed by atoms with van der Waals surface area (Å²) in [6.07, 6.45) is 2.32. The Morgan fingerprint density at radius 1 is 1.40 bits per heavy atom. The number of aromatic nitrogens is 1. The summed E-state index contributed by atoms with van der Waals surface area (Å²) in [6, 6.07) is 3.24. The summed E-state index contributed by atoms with van der Waals surface area (Å²) in [5, 5.41) is 12.4. The number of nitrogens with zero attached hydrogens (tertiary/aromatic N) is 2. The van der Waals surface area contributed by atoms with Crippen molar-refractivity contribution in [2.75, 3.05) is 33.3 Å². The third-order valence-electron chi connectivity index (χ3n) is 3.45. The fourth-order valence-electron chi connectivity index (χ4n) is 2.56. The first-order valence-electron chi connectivity index (χ1n) is 7.24. The van der Waals surface area contributed by atoms with E-state index < -0.39 is 0 Å². The van der Waals surface area contributed by atoms with Crippen molar-refractivity contribution in [1.82, 2.24) is 15.2 Å². The number of halogens is 1. The molecule has 1 aromatic rings. The lowest BCUT2D eigenvalue weighted by atomic mass is 9.97. The molecule has 1 rings (SSSR count). The van der Waals surface area contributed by atoms with Gasteiger partial charge in [0.1, 0.15) is 5.82 Å². The van der Waals surface area contributed by atoms with Gasteiger partial charge < -0.3 is 15.3 Å². The van der Waals surface area contributed by atoms with Crippen LogP contribution in [0.5, 0.6) is 0 Å². The first-order valence-corrected chi connectivity index (χ1v) is 7.24. The molecule has 0 aliphatic rings. The molecule has 4 nitrogen and oxygen atoms in total. The highest BCUT2D eigenvalue weighted by Crippen LogP contribution is 2.21. The second-order valence-corrected chi connectivity index (χ2v) is 5.17. The van der Waals surface area contributed by atoms with Crippen molar-refractivity contribution in [3.63, 3.8) is 0 Å². The first kappa shape index (κ1) is 17.0. The number of aliphatic hydroxyl groups excluding tert-OH is 1. The van der Waals surface area contributed by atoms with Crippen LogP contribution < -0.4 is 5.32 Å². The fourth-order valence-corrected chi connectivity index (χ4v) is 2.56. The van der Waals surface area contributed by atoms with Crippen LogP contribution in [-0.2, 0) is 0 Å². The number of hydrogen-bond acceptors (Lipinski definition) is 4. The monoisotopic (exact) mass is 283 g/mol. The van der Waals surface area contributed by atoms with Gasteiger partial charge in [0.2, 0.25) is 0 Å². The van der Waals surface area contributed by atoms with Gasteiger partial charge in [0.25, 0.3) is 0 Å². The molecule has 0 aliphatic heterocycles. The minimum absolute atomic E-state index is 0.0775. The lowest BCUT2D eigenvalue weighted by Gasteiger charge is -2.29. The van der Waals surface area contributed by atoms with E-state index in [-0.39, 0.29) is 18.5 Å². The summed E-state index contributed by atoms with van der Waals surface area (Å²) >= 11 is 0. The predicted octanol–water partition coefficient (Wildman–Crippen LogP) is 1.82. The Bertz CT molecular complexity index is 366. The van der Waals surface area contributed by atoms with Crippen molar-refractivity contribution in [1.29, 1.82) is 0 Å². The Labute approximate surface area is 121 Å². The van der Waals surface area contributed by atoms with Crippen LogP contribution in [0.4, 0.5) is 4.39 Å². The number of aliphatic hydroxyl groups is 1. The van der Waals surface area contributed by atoms with E-state index in [9.17, 15) is 4.39 Å². The average molecular weight is 283 g/mol. The van der Waals surface area contributed by atoms with E-state index in [0.717, 1.165) is 25.2 Å². The van der Waals surface area contributed by atoms with Crippen molar-refractivity contribution in [2.45, 2.75) is 26.3 Å². The van der Waals surface area contributed by atoms with Gasteiger partial charge in [-0.05, 0) is 38.1 Å². The van der Waals surface area contributed by atoms with E-state index in [1.165, 1.54) is 12.3 Å². The van der Waals surface area contributed by atoms with Crippen molar-refractivity contribution in [3.8, 4) is 0 Å². The van der Waals surface area contributed by atoms with E-state index in [1.807, 2.05) is 7.05 Å². The highest BCUT2D eigenvalue weighted by molar-refractivity contribution is 5.10. The molecule has 0 saturated carbocycles. The zero-order valence-electron chi connectivity index (χ0n) is 12.6. The maximum atomic E-state index is 12.9. The fraction of sp³-hybridized carbons (Fsp3) is 0.667. The number of hydrogen-bond donors (Lipinski definition) is 2. The molecule has 114 valence electrons. The van der Waals surface area contributed by atoms with E-state index in [2.05, 4.69) is 29.0 Å². The minimum atomic E-state index is -0.316. The normalized spacial score (nSPS) is 14.5. The van der Waals surface area contributed by atoms with Crippen molar-refractivity contribution >= 4 is 0 Å².